The number of nitrogens with zero attached hydrogens (tertiary/aromatic N) is 3. The van der Waals surface area contributed by atoms with Crippen molar-refractivity contribution in [1.29, 1.82) is 0 Å². The van der Waals surface area contributed by atoms with Crippen molar-refractivity contribution in [2.75, 3.05) is 13.1 Å². The van der Waals surface area contributed by atoms with Gasteiger partial charge in [-0.15, -0.1) is 0 Å². The third-order valence-corrected chi connectivity index (χ3v) is 8.23. The van der Waals surface area contributed by atoms with E-state index in [0.717, 1.165) is 17.0 Å². The van der Waals surface area contributed by atoms with E-state index in [4.69, 9.17) is 0 Å². The van der Waals surface area contributed by atoms with Crippen molar-refractivity contribution in [3.8, 4) is 11.1 Å². The molecule has 1 aromatic carbocycles. The molecule has 0 N–H and O–H groups in total. The molecule has 1 saturated carbocycles. The van der Waals surface area contributed by atoms with Gasteiger partial charge < -0.3 is 4.90 Å². The molecule has 0 unspecified atom stereocenters. The van der Waals surface area contributed by atoms with E-state index in [0.29, 0.717) is 5.56 Å². The number of carbonyl (C=O) groups is 1. The number of halogens is 5. The maximum atomic E-state index is 13.8. The summed E-state index contributed by atoms with van der Waals surface area (Å²) < 4.78 is 95.1. The van der Waals surface area contributed by atoms with E-state index in [1.54, 1.807) is 7.05 Å². The normalized spacial score (nSPS) is 23.2. The van der Waals surface area contributed by atoms with E-state index in [1.807, 2.05) is 0 Å². The monoisotopic (exact) mass is 477 g/mol. The lowest BCUT2D eigenvalue weighted by atomic mass is 10.0. The zero-order chi connectivity index (χ0) is 23.5. The zero-order valence-corrected chi connectivity index (χ0v) is 17.8. The molecule has 4 rings (SSSR count). The minimum absolute atomic E-state index is 0.00930. The van der Waals surface area contributed by atoms with Crippen LogP contribution in [0.4, 0.5) is 22.0 Å². The number of hydrogen-bond donors (Lipinski definition) is 0. The van der Waals surface area contributed by atoms with Gasteiger partial charge in [0.1, 0.15) is 0 Å². The number of hydrogen-bond acceptors (Lipinski definition) is 4. The Bertz CT molecular complexity index is 1150. The van der Waals surface area contributed by atoms with Crippen LogP contribution in [0, 0.1) is 5.92 Å². The molecule has 32 heavy (non-hydrogen) atoms. The molecule has 0 bridgehead atoms. The van der Waals surface area contributed by atoms with Crippen LogP contribution in [-0.2, 0) is 27.9 Å². The first-order valence-corrected chi connectivity index (χ1v) is 11.4. The number of carbonyl (C=O) groups excluding carboxylic acids is 1. The lowest BCUT2D eigenvalue weighted by molar-refractivity contribution is -0.169. The number of aromatic nitrogens is 2. The van der Waals surface area contributed by atoms with E-state index in [1.165, 1.54) is 23.1 Å². The van der Waals surface area contributed by atoms with Crippen LogP contribution in [-0.4, -0.2) is 53.3 Å². The Morgan fingerprint density at radius 1 is 1.16 bits per heavy atom. The molecule has 2 heterocycles. The first kappa shape index (κ1) is 22.7. The predicted molar refractivity (Wildman–Crippen MR) is 103 cm³/mol. The fourth-order valence-electron chi connectivity index (χ4n) is 4.30. The van der Waals surface area contributed by atoms with Gasteiger partial charge in [-0.1, -0.05) is 6.07 Å². The second-order valence-electron chi connectivity index (χ2n) is 8.34. The Morgan fingerprint density at radius 3 is 2.41 bits per heavy atom. The molecule has 174 valence electrons. The molecular formula is C20H20F5N3O3S. The highest BCUT2D eigenvalue weighted by Crippen LogP contribution is 2.42. The van der Waals surface area contributed by atoms with Crippen LogP contribution in [0.1, 0.15) is 24.8 Å². The number of likely N-dealkylation sites (tertiary alicyclic amines) is 1. The van der Waals surface area contributed by atoms with Gasteiger partial charge in [-0.2, -0.15) is 18.3 Å². The van der Waals surface area contributed by atoms with Gasteiger partial charge in [0.05, 0.1) is 35.0 Å². The summed E-state index contributed by atoms with van der Waals surface area (Å²) in [6.07, 6.45) is -2.11. The summed E-state index contributed by atoms with van der Waals surface area (Å²) in [5, 5.41) is 2.72. The van der Waals surface area contributed by atoms with Crippen molar-refractivity contribution in [1.82, 2.24) is 14.7 Å². The highest BCUT2D eigenvalue weighted by molar-refractivity contribution is 7.92. The van der Waals surface area contributed by atoms with Crippen LogP contribution in [0.2, 0.25) is 0 Å². The van der Waals surface area contributed by atoms with Gasteiger partial charge >= 0.3 is 6.18 Å². The first-order chi connectivity index (χ1) is 14.8. The molecule has 2 aliphatic rings. The van der Waals surface area contributed by atoms with Crippen LogP contribution in [0.5, 0.6) is 0 Å². The van der Waals surface area contributed by atoms with Crippen LogP contribution >= 0.6 is 0 Å². The van der Waals surface area contributed by atoms with Crippen molar-refractivity contribution in [3.05, 3.63) is 36.2 Å². The predicted octanol–water partition coefficient (Wildman–Crippen LogP) is 3.53. The van der Waals surface area contributed by atoms with Crippen molar-refractivity contribution in [2.24, 2.45) is 13.0 Å². The molecule has 1 saturated heterocycles. The van der Waals surface area contributed by atoms with Crippen LogP contribution in [0.25, 0.3) is 11.1 Å². The standard InChI is InChI=1S/C20H20F5N3O3S/c1-27-9-14(8-26-27)12-3-5-17(16(7-12)20(23,24)25)32(30,31)15-4-2-13(6-15)18(29)28-10-19(21,22)11-28/h3,5,7-9,13,15H,2,4,6,10-11H2,1H3/t13-,15-/m1/s1. The van der Waals surface area contributed by atoms with E-state index < -0.39 is 62.6 Å². The van der Waals surface area contributed by atoms with Crippen molar-refractivity contribution >= 4 is 15.7 Å². The molecular weight excluding hydrogens is 457 g/mol. The molecule has 1 amide bonds. The van der Waals surface area contributed by atoms with Crippen molar-refractivity contribution < 1.29 is 35.2 Å². The SMILES string of the molecule is Cn1cc(-c2ccc(S(=O)(=O)[C@@H]3CC[C@@H](C(=O)N4CC(F)(F)C4)C3)c(C(F)(F)F)c2)cn1. The Kier molecular flexibility index (Phi) is 5.34. The van der Waals surface area contributed by atoms with Gasteiger partial charge in [-0.05, 0) is 37.0 Å². The highest BCUT2D eigenvalue weighted by Gasteiger charge is 2.50. The van der Waals surface area contributed by atoms with Crippen molar-refractivity contribution in [2.45, 2.75) is 41.5 Å². The van der Waals surface area contributed by atoms with E-state index in [9.17, 15) is 35.2 Å². The number of rotatable bonds is 4. The number of aryl methyl sites for hydroxylation is 1. The molecule has 6 nitrogen and oxygen atoms in total. The second kappa shape index (κ2) is 7.53. The number of benzene rings is 1. The Balaban J connectivity index is 1.60. The van der Waals surface area contributed by atoms with Gasteiger partial charge in [0, 0.05) is 24.7 Å². The number of alkyl halides is 5. The molecule has 2 fully saturated rings. The summed E-state index contributed by atoms with van der Waals surface area (Å²) in [5.74, 6) is -4.32. The molecule has 1 aliphatic heterocycles. The second-order valence-corrected chi connectivity index (χ2v) is 10.5. The van der Waals surface area contributed by atoms with E-state index in [-0.39, 0.29) is 24.8 Å². The molecule has 1 aliphatic carbocycles. The summed E-state index contributed by atoms with van der Waals surface area (Å²) in [5.41, 5.74) is -0.710. The summed E-state index contributed by atoms with van der Waals surface area (Å²) in [7, 11) is -2.81. The van der Waals surface area contributed by atoms with Gasteiger partial charge in [0.25, 0.3) is 5.92 Å². The molecule has 2 aromatic rings. The highest BCUT2D eigenvalue weighted by atomic mass is 32.2. The summed E-state index contributed by atoms with van der Waals surface area (Å²) in [4.78, 5) is 12.5. The van der Waals surface area contributed by atoms with Crippen LogP contribution < -0.4 is 0 Å². The lowest BCUT2D eigenvalue weighted by Crippen LogP contribution is -2.59. The molecule has 2 atom stereocenters. The largest absolute Gasteiger partial charge is 0.417 e. The molecule has 1 aromatic heterocycles. The lowest BCUT2D eigenvalue weighted by Gasteiger charge is -2.40. The molecule has 12 heteroatoms. The van der Waals surface area contributed by atoms with E-state index in [2.05, 4.69) is 5.10 Å². The van der Waals surface area contributed by atoms with Gasteiger partial charge in [0.15, 0.2) is 9.84 Å². The summed E-state index contributed by atoms with van der Waals surface area (Å²) in [6.45, 7) is -1.43. The quantitative estimate of drug-likeness (QED) is 0.632. The van der Waals surface area contributed by atoms with Crippen molar-refractivity contribution in [3.63, 3.8) is 0 Å². The van der Waals surface area contributed by atoms with Gasteiger partial charge in [0.2, 0.25) is 5.91 Å². The third-order valence-electron chi connectivity index (χ3n) is 5.96. The topological polar surface area (TPSA) is 72.3 Å². The fraction of sp³-hybridized carbons (Fsp3) is 0.500. The fourth-order valence-corrected chi connectivity index (χ4v) is 6.33. The Hall–Kier alpha value is -2.50. The Morgan fingerprint density at radius 2 is 1.84 bits per heavy atom. The average Bonchev–Trinajstić information content (AvgIpc) is 3.34. The minimum atomic E-state index is -4.92. The van der Waals surface area contributed by atoms with E-state index >= 15 is 0 Å². The summed E-state index contributed by atoms with van der Waals surface area (Å²) >= 11 is 0. The van der Waals surface area contributed by atoms with Crippen LogP contribution in [0.3, 0.4) is 0 Å². The number of sulfone groups is 1. The summed E-state index contributed by atoms with van der Waals surface area (Å²) in [6, 6.07) is 3.01. The smallest absolute Gasteiger partial charge is 0.330 e. The minimum Gasteiger partial charge on any atom is -0.330 e. The Labute approximate surface area is 180 Å². The number of amides is 1. The zero-order valence-electron chi connectivity index (χ0n) is 16.9. The molecule has 0 radical (unpaired) electrons. The average molecular weight is 477 g/mol. The maximum absolute atomic E-state index is 13.8. The maximum Gasteiger partial charge on any atom is 0.417 e. The third kappa shape index (κ3) is 4.12. The van der Waals surface area contributed by atoms with Gasteiger partial charge in [-0.25, -0.2) is 17.2 Å². The van der Waals surface area contributed by atoms with Crippen LogP contribution in [0.15, 0.2) is 35.5 Å². The first-order valence-electron chi connectivity index (χ1n) is 9.89. The van der Waals surface area contributed by atoms with Gasteiger partial charge in [-0.3, -0.25) is 9.48 Å². The molecule has 0 spiro atoms.